The maximum atomic E-state index is 13.5. The predicted octanol–water partition coefficient (Wildman–Crippen LogP) is 7.36. The summed E-state index contributed by atoms with van der Waals surface area (Å²) < 4.78 is 46.2. The fraction of sp³-hybridized carbons (Fsp3) is 0.360. The van der Waals surface area contributed by atoms with Crippen LogP contribution in [0.15, 0.2) is 54.7 Å². The number of hydrogen-bond acceptors (Lipinski definition) is 5. The summed E-state index contributed by atoms with van der Waals surface area (Å²) in [5.74, 6) is 0.772. The van der Waals surface area contributed by atoms with Crippen LogP contribution in [0.4, 0.5) is 36.3 Å². The van der Waals surface area contributed by atoms with Gasteiger partial charge >= 0.3 is 6.18 Å². The molecule has 0 saturated heterocycles. The van der Waals surface area contributed by atoms with Crippen LogP contribution in [-0.4, -0.2) is 16.6 Å². The number of aryl methyl sites for hydroxylation is 1. The molecule has 0 aliphatic rings. The highest BCUT2D eigenvalue weighted by molar-refractivity contribution is 5.63. The van der Waals surface area contributed by atoms with Crippen molar-refractivity contribution in [2.75, 3.05) is 17.2 Å². The molecule has 176 valence electrons. The lowest BCUT2D eigenvalue weighted by molar-refractivity contribution is -0.137. The number of nitrogens with zero attached hydrogens (tertiary/aromatic N) is 2. The first-order valence-electron chi connectivity index (χ1n) is 11.0. The van der Waals surface area contributed by atoms with Gasteiger partial charge in [-0.1, -0.05) is 39.3 Å². The Bertz CT molecular complexity index is 1020. The van der Waals surface area contributed by atoms with Crippen LogP contribution in [0, 0.1) is 5.92 Å². The lowest BCUT2D eigenvalue weighted by Gasteiger charge is -2.15. The molecule has 2 aromatic carbocycles. The lowest BCUT2D eigenvalue weighted by atomic mass is 10.1. The van der Waals surface area contributed by atoms with Gasteiger partial charge in [0.15, 0.2) is 0 Å². The van der Waals surface area contributed by atoms with Crippen molar-refractivity contribution in [3.05, 3.63) is 65.9 Å². The normalized spacial score (nSPS) is 11.5. The van der Waals surface area contributed by atoms with Gasteiger partial charge < -0.3 is 15.4 Å². The molecule has 0 amide bonds. The first-order valence-corrected chi connectivity index (χ1v) is 11.0. The van der Waals surface area contributed by atoms with Crippen LogP contribution in [-0.2, 0) is 12.6 Å². The number of alkyl halides is 3. The third kappa shape index (κ3) is 7.37. The highest BCUT2D eigenvalue weighted by Gasteiger charge is 2.35. The van der Waals surface area contributed by atoms with Gasteiger partial charge in [-0.25, -0.2) is 4.98 Å². The van der Waals surface area contributed by atoms with Gasteiger partial charge in [0.25, 0.3) is 0 Å². The summed E-state index contributed by atoms with van der Waals surface area (Å²) in [5, 5.41) is 5.74. The number of unbranched alkanes of at least 4 members (excludes halogenated alkanes) is 1. The Kier molecular flexibility index (Phi) is 8.14. The van der Waals surface area contributed by atoms with Crippen LogP contribution in [0.3, 0.4) is 0 Å². The van der Waals surface area contributed by atoms with Gasteiger partial charge in [0.05, 0.1) is 6.61 Å². The lowest BCUT2D eigenvalue weighted by Crippen LogP contribution is -2.12. The van der Waals surface area contributed by atoms with Crippen molar-refractivity contribution in [2.24, 2.45) is 5.92 Å². The Balaban J connectivity index is 1.77. The molecule has 1 aromatic heterocycles. The van der Waals surface area contributed by atoms with E-state index in [2.05, 4.69) is 27.5 Å². The van der Waals surface area contributed by atoms with E-state index in [1.807, 2.05) is 38.1 Å². The number of benzene rings is 2. The zero-order valence-electron chi connectivity index (χ0n) is 19.0. The van der Waals surface area contributed by atoms with Crippen LogP contribution in [0.5, 0.6) is 5.75 Å². The molecular formula is C25H29F3N4O. The van der Waals surface area contributed by atoms with Crippen molar-refractivity contribution in [3.8, 4) is 5.75 Å². The summed E-state index contributed by atoms with van der Waals surface area (Å²) in [6.07, 6.45) is -0.601. The summed E-state index contributed by atoms with van der Waals surface area (Å²) in [6.45, 7) is 6.77. The number of ether oxygens (including phenoxy) is 1. The van der Waals surface area contributed by atoms with Gasteiger partial charge in [0, 0.05) is 17.6 Å². The van der Waals surface area contributed by atoms with Gasteiger partial charge in [-0.3, -0.25) is 0 Å². The van der Waals surface area contributed by atoms with E-state index in [0.717, 1.165) is 25.5 Å². The van der Waals surface area contributed by atoms with Crippen molar-refractivity contribution in [3.63, 3.8) is 0 Å². The second kappa shape index (κ2) is 11.0. The van der Waals surface area contributed by atoms with Crippen LogP contribution < -0.4 is 15.4 Å². The molecular weight excluding hydrogens is 429 g/mol. The Morgan fingerprint density at radius 2 is 1.58 bits per heavy atom. The average molecular weight is 459 g/mol. The molecule has 2 N–H and O–H groups in total. The Morgan fingerprint density at radius 1 is 0.939 bits per heavy atom. The molecule has 5 nitrogen and oxygen atoms in total. The number of nitrogens with one attached hydrogen (secondary N) is 2. The van der Waals surface area contributed by atoms with E-state index in [4.69, 9.17) is 4.74 Å². The zero-order chi connectivity index (χ0) is 23.8. The van der Waals surface area contributed by atoms with E-state index in [1.165, 1.54) is 5.56 Å². The van der Waals surface area contributed by atoms with E-state index >= 15 is 0 Å². The third-order valence-electron chi connectivity index (χ3n) is 4.82. The molecule has 0 aliphatic carbocycles. The number of hydrogen-bond donors (Lipinski definition) is 2. The van der Waals surface area contributed by atoms with Crippen molar-refractivity contribution in [2.45, 2.75) is 46.2 Å². The number of aromatic nitrogens is 2. The third-order valence-corrected chi connectivity index (χ3v) is 4.82. The quantitative estimate of drug-likeness (QED) is 0.332. The van der Waals surface area contributed by atoms with E-state index in [9.17, 15) is 13.2 Å². The summed E-state index contributed by atoms with van der Waals surface area (Å²) in [4.78, 5) is 7.97. The van der Waals surface area contributed by atoms with E-state index in [-0.39, 0.29) is 11.8 Å². The molecule has 0 spiro atoms. The maximum absolute atomic E-state index is 13.5. The molecule has 0 saturated carbocycles. The second-order valence-corrected chi connectivity index (χ2v) is 8.23. The van der Waals surface area contributed by atoms with Crippen molar-refractivity contribution in [1.29, 1.82) is 0 Å². The fourth-order valence-electron chi connectivity index (χ4n) is 3.04. The minimum absolute atomic E-state index is 0.0729. The molecule has 0 unspecified atom stereocenters. The van der Waals surface area contributed by atoms with E-state index in [1.54, 1.807) is 24.3 Å². The van der Waals surface area contributed by atoms with Crippen LogP contribution in [0.25, 0.3) is 0 Å². The summed E-state index contributed by atoms with van der Waals surface area (Å²) >= 11 is 0. The Labute approximate surface area is 192 Å². The standard InChI is InChI=1S/C25H29F3N4O/c1-4-5-6-18-7-9-20(10-8-18)31-24-29-15-22(25(26,27)28)23(32-24)30-19-11-13-21(14-12-19)33-16-17(2)3/h7-15,17H,4-6,16H2,1-3H3,(H2,29,30,31,32). The first kappa shape index (κ1) is 24.4. The van der Waals surface area contributed by atoms with Gasteiger partial charge in [0.1, 0.15) is 17.1 Å². The molecule has 8 heteroatoms. The number of anilines is 4. The molecule has 0 fully saturated rings. The van der Waals surface area contributed by atoms with Crippen LogP contribution >= 0.6 is 0 Å². The Morgan fingerprint density at radius 3 is 2.18 bits per heavy atom. The number of halogens is 3. The molecule has 1 heterocycles. The predicted molar refractivity (Wildman–Crippen MR) is 125 cm³/mol. The average Bonchev–Trinajstić information content (AvgIpc) is 2.77. The largest absolute Gasteiger partial charge is 0.493 e. The van der Waals surface area contributed by atoms with Gasteiger partial charge in [-0.15, -0.1) is 0 Å². The van der Waals surface area contributed by atoms with Gasteiger partial charge in [-0.05, 0) is 60.7 Å². The van der Waals surface area contributed by atoms with E-state index in [0.29, 0.717) is 29.6 Å². The van der Waals surface area contributed by atoms with Gasteiger partial charge in [-0.2, -0.15) is 18.2 Å². The summed E-state index contributed by atoms with van der Waals surface area (Å²) in [6, 6.07) is 14.4. The highest BCUT2D eigenvalue weighted by atomic mass is 19.4. The fourth-order valence-corrected chi connectivity index (χ4v) is 3.04. The zero-order valence-corrected chi connectivity index (χ0v) is 19.0. The van der Waals surface area contributed by atoms with E-state index < -0.39 is 11.7 Å². The van der Waals surface area contributed by atoms with Crippen molar-refractivity contribution < 1.29 is 17.9 Å². The summed E-state index contributed by atoms with van der Waals surface area (Å²) in [7, 11) is 0. The molecule has 0 bridgehead atoms. The smallest absolute Gasteiger partial charge is 0.421 e. The van der Waals surface area contributed by atoms with Crippen molar-refractivity contribution in [1.82, 2.24) is 9.97 Å². The highest BCUT2D eigenvalue weighted by Crippen LogP contribution is 2.35. The summed E-state index contributed by atoms with van der Waals surface area (Å²) in [5.41, 5.74) is 1.43. The van der Waals surface area contributed by atoms with Crippen molar-refractivity contribution >= 4 is 23.1 Å². The Hall–Kier alpha value is -3.29. The van der Waals surface area contributed by atoms with Gasteiger partial charge in [0.2, 0.25) is 5.95 Å². The minimum atomic E-state index is -4.60. The molecule has 0 aliphatic heterocycles. The topological polar surface area (TPSA) is 59.1 Å². The second-order valence-electron chi connectivity index (χ2n) is 8.23. The first-order chi connectivity index (χ1) is 15.7. The maximum Gasteiger partial charge on any atom is 0.421 e. The minimum Gasteiger partial charge on any atom is -0.493 e. The van der Waals surface area contributed by atoms with Crippen LogP contribution in [0.1, 0.15) is 44.7 Å². The molecule has 3 rings (SSSR count). The monoisotopic (exact) mass is 458 g/mol. The number of rotatable bonds is 10. The SMILES string of the molecule is CCCCc1ccc(Nc2ncc(C(F)(F)F)c(Nc3ccc(OCC(C)C)cc3)n2)cc1. The molecule has 0 atom stereocenters. The van der Waals surface area contributed by atoms with Crippen LogP contribution in [0.2, 0.25) is 0 Å². The molecule has 3 aromatic rings. The molecule has 0 radical (unpaired) electrons. The molecule has 33 heavy (non-hydrogen) atoms.